The summed E-state index contributed by atoms with van der Waals surface area (Å²) in [6, 6.07) is 8.47. The fraction of sp³-hybridized carbons (Fsp3) is 0.647. The fourth-order valence-corrected chi connectivity index (χ4v) is 4.23. The number of fused-ring (bicyclic) bond motifs is 1. The van der Waals surface area contributed by atoms with E-state index in [0.717, 1.165) is 25.7 Å². The van der Waals surface area contributed by atoms with Crippen molar-refractivity contribution in [2.75, 3.05) is 6.54 Å². The Morgan fingerprint density at radius 3 is 1.95 bits per heavy atom. The van der Waals surface area contributed by atoms with Crippen molar-refractivity contribution in [2.45, 2.75) is 57.0 Å². The third-order valence-corrected chi connectivity index (χ3v) is 5.52. The first-order valence-corrected chi connectivity index (χ1v) is 7.68. The van der Waals surface area contributed by atoms with Crippen molar-refractivity contribution in [3.8, 4) is 0 Å². The molecule has 2 nitrogen and oxygen atoms in total. The van der Waals surface area contributed by atoms with Crippen molar-refractivity contribution in [1.82, 2.24) is 0 Å². The van der Waals surface area contributed by atoms with Crippen LogP contribution in [0.25, 0.3) is 0 Å². The van der Waals surface area contributed by atoms with E-state index in [1.807, 2.05) is 0 Å². The molecule has 1 fully saturated rings. The van der Waals surface area contributed by atoms with Gasteiger partial charge in [-0.05, 0) is 24.0 Å². The lowest BCUT2D eigenvalue weighted by molar-refractivity contribution is -0.0815. The van der Waals surface area contributed by atoms with Crippen LogP contribution in [-0.2, 0) is 12.8 Å². The molecule has 0 spiro atoms. The molecule has 0 amide bonds. The lowest BCUT2D eigenvalue weighted by atomic mass is 9.65. The van der Waals surface area contributed by atoms with Crippen LogP contribution in [0.1, 0.15) is 49.7 Å². The maximum absolute atomic E-state index is 11.3. The van der Waals surface area contributed by atoms with E-state index in [9.17, 15) is 5.11 Å². The number of hydrogen-bond donors (Lipinski definition) is 2. The van der Waals surface area contributed by atoms with Crippen molar-refractivity contribution in [1.29, 1.82) is 0 Å². The van der Waals surface area contributed by atoms with Gasteiger partial charge in [0.1, 0.15) is 0 Å². The number of hydrogen-bond acceptors (Lipinski definition) is 2. The van der Waals surface area contributed by atoms with Gasteiger partial charge >= 0.3 is 0 Å². The van der Waals surface area contributed by atoms with E-state index in [0.29, 0.717) is 6.54 Å². The Bertz CT molecular complexity index is 421. The van der Waals surface area contributed by atoms with Crippen LogP contribution in [-0.4, -0.2) is 17.3 Å². The Labute approximate surface area is 116 Å². The highest BCUT2D eigenvalue weighted by Gasteiger charge is 2.51. The van der Waals surface area contributed by atoms with Crippen molar-refractivity contribution in [2.24, 2.45) is 11.1 Å². The van der Waals surface area contributed by atoms with Crippen LogP contribution in [0.2, 0.25) is 0 Å². The van der Waals surface area contributed by atoms with E-state index < -0.39 is 5.60 Å². The summed E-state index contributed by atoms with van der Waals surface area (Å²) < 4.78 is 0. The molecule has 19 heavy (non-hydrogen) atoms. The zero-order valence-electron chi connectivity index (χ0n) is 11.7. The molecule has 0 aromatic heterocycles. The van der Waals surface area contributed by atoms with Gasteiger partial charge in [-0.25, -0.2) is 0 Å². The molecular weight excluding hydrogens is 234 g/mol. The second-order valence-corrected chi connectivity index (χ2v) is 6.55. The van der Waals surface area contributed by atoms with E-state index in [4.69, 9.17) is 5.73 Å². The average molecular weight is 259 g/mol. The lowest BCUT2D eigenvalue weighted by Crippen LogP contribution is -2.53. The molecule has 3 N–H and O–H groups in total. The highest BCUT2D eigenvalue weighted by molar-refractivity contribution is 5.36. The van der Waals surface area contributed by atoms with Crippen molar-refractivity contribution >= 4 is 0 Å². The summed E-state index contributed by atoms with van der Waals surface area (Å²) in [5, 5.41) is 11.3. The summed E-state index contributed by atoms with van der Waals surface area (Å²) in [4.78, 5) is 0. The molecule has 0 bridgehead atoms. The standard InChI is InChI=1S/C17H25NO/c18-13-16(9-5-1-2-6-10-16)17(19)11-14-7-3-4-8-15(14)12-17/h3-4,7-8,19H,1-2,5-6,9-13,18H2. The van der Waals surface area contributed by atoms with Crippen molar-refractivity contribution < 1.29 is 5.11 Å². The van der Waals surface area contributed by atoms with Gasteiger partial charge in [0.15, 0.2) is 0 Å². The van der Waals surface area contributed by atoms with Crippen LogP contribution in [0.3, 0.4) is 0 Å². The molecule has 0 saturated heterocycles. The minimum Gasteiger partial charge on any atom is -0.389 e. The fourth-order valence-electron chi connectivity index (χ4n) is 4.23. The second-order valence-electron chi connectivity index (χ2n) is 6.55. The van der Waals surface area contributed by atoms with Crippen LogP contribution in [0.15, 0.2) is 24.3 Å². The predicted octanol–water partition coefficient (Wildman–Crippen LogP) is 2.82. The quantitative estimate of drug-likeness (QED) is 0.802. The zero-order valence-corrected chi connectivity index (χ0v) is 11.7. The lowest BCUT2D eigenvalue weighted by Gasteiger charge is -2.45. The van der Waals surface area contributed by atoms with Crippen LogP contribution in [0.4, 0.5) is 0 Å². The van der Waals surface area contributed by atoms with Gasteiger partial charge in [0, 0.05) is 24.8 Å². The highest BCUT2D eigenvalue weighted by atomic mass is 16.3. The van der Waals surface area contributed by atoms with Crippen molar-refractivity contribution in [3.05, 3.63) is 35.4 Å². The predicted molar refractivity (Wildman–Crippen MR) is 78.0 cm³/mol. The van der Waals surface area contributed by atoms with Gasteiger partial charge in [0.05, 0.1) is 5.60 Å². The largest absolute Gasteiger partial charge is 0.389 e. The van der Waals surface area contributed by atoms with Crippen LogP contribution in [0, 0.1) is 5.41 Å². The molecule has 3 rings (SSSR count). The molecule has 1 aromatic rings. The summed E-state index contributed by atoms with van der Waals surface area (Å²) in [5.74, 6) is 0. The SMILES string of the molecule is NCC1(C2(O)Cc3ccccc3C2)CCCCCC1. The minimum atomic E-state index is -0.615. The number of nitrogens with two attached hydrogens (primary N) is 1. The molecule has 0 unspecified atom stereocenters. The molecule has 0 radical (unpaired) electrons. The van der Waals surface area contributed by atoms with E-state index >= 15 is 0 Å². The van der Waals surface area contributed by atoms with Crippen LogP contribution < -0.4 is 5.73 Å². The molecule has 1 saturated carbocycles. The van der Waals surface area contributed by atoms with Crippen molar-refractivity contribution in [3.63, 3.8) is 0 Å². The third-order valence-electron chi connectivity index (χ3n) is 5.52. The Morgan fingerprint density at radius 2 is 1.47 bits per heavy atom. The smallest absolute Gasteiger partial charge is 0.0796 e. The summed E-state index contributed by atoms with van der Waals surface area (Å²) in [6.07, 6.45) is 8.80. The zero-order chi connectivity index (χ0) is 13.3. The summed E-state index contributed by atoms with van der Waals surface area (Å²) in [7, 11) is 0. The van der Waals surface area contributed by atoms with Gasteiger partial charge in [-0.15, -0.1) is 0 Å². The topological polar surface area (TPSA) is 46.2 Å². The molecule has 1 aromatic carbocycles. The van der Waals surface area contributed by atoms with E-state index in [1.165, 1.54) is 36.8 Å². The first kappa shape index (κ1) is 13.1. The molecule has 0 heterocycles. The summed E-state index contributed by atoms with van der Waals surface area (Å²) in [5.41, 5.74) is 8.11. The number of benzene rings is 1. The first-order chi connectivity index (χ1) is 9.19. The third kappa shape index (κ3) is 2.11. The van der Waals surface area contributed by atoms with E-state index in [-0.39, 0.29) is 5.41 Å². The molecule has 2 aliphatic carbocycles. The number of rotatable bonds is 2. The molecule has 2 heteroatoms. The molecule has 0 aliphatic heterocycles. The monoisotopic (exact) mass is 259 g/mol. The number of aliphatic hydroxyl groups is 1. The normalized spacial score (nSPS) is 24.7. The Balaban J connectivity index is 1.92. The summed E-state index contributed by atoms with van der Waals surface area (Å²) in [6.45, 7) is 0.623. The van der Waals surface area contributed by atoms with Gasteiger partial charge in [-0.3, -0.25) is 0 Å². The van der Waals surface area contributed by atoms with Gasteiger partial charge < -0.3 is 10.8 Å². The Morgan fingerprint density at radius 1 is 0.947 bits per heavy atom. The molecule has 0 atom stereocenters. The van der Waals surface area contributed by atoms with Crippen LogP contribution >= 0.6 is 0 Å². The molecule has 2 aliphatic rings. The van der Waals surface area contributed by atoms with Gasteiger partial charge in [0.2, 0.25) is 0 Å². The molecular formula is C17H25NO. The van der Waals surface area contributed by atoms with Gasteiger partial charge in [-0.2, -0.15) is 0 Å². The van der Waals surface area contributed by atoms with E-state index in [1.54, 1.807) is 0 Å². The Kier molecular flexibility index (Phi) is 3.40. The maximum atomic E-state index is 11.3. The first-order valence-electron chi connectivity index (χ1n) is 7.68. The summed E-state index contributed by atoms with van der Waals surface area (Å²) >= 11 is 0. The maximum Gasteiger partial charge on any atom is 0.0796 e. The average Bonchev–Trinajstić information content (AvgIpc) is 2.62. The van der Waals surface area contributed by atoms with E-state index in [2.05, 4.69) is 24.3 Å². The molecule has 104 valence electrons. The Hall–Kier alpha value is -0.860. The van der Waals surface area contributed by atoms with Gasteiger partial charge in [0.25, 0.3) is 0 Å². The second kappa shape index (κ2) is 4.92. The van der Waals surface area contributed by atoms with Crippen LogP contribution in [0.5, 0.6) is 0 Å². The minimum absolute atomic E-state index is 0.0669. The van der Waals surface area contributed by atoms with Gasteiger partial charge in [-0.1, -0.05) is 49.9 Å². The highest BCUT2D eigenvalue weighted by Crippen LogP contribution is 2.49.